The van der Waals surface area contributed by atoms with Crippen molar-refractivity contribution in [2.24, 2.45) is 5.92 Å². The fourth-order valence-corrected chi connectivity index (χ4v) is 2.79. The molecule has 7 nitrogen and oxygen atoms in total. The zero-order chi connectivity index (χ0) is 14.5. The lowest BCUT2D eigenvalue weighted by Gasteiger charge is -2.12. The average Bonchev–Trinajstić information content (AvgIpc) is 3.04. The molecule has 108 valence electrons. The van der Waals surface area contributed by atoms with Crippen molar-refractivity contribution < 1.29 is 14.6 Å². The predicted octanol–water partition coefficient (Wildman–Crippen LogP) is 1.91. The summed E-state index contributed by atoms with van der Waals surface area (Å²) in [5.74, 6) is 0.527. The summed E-state index contributed by atoms with van der Waals surface area (Å²) in [5, 5.41) is 22.5. The van der Waals surface area contributed by atoms with E-state index in [1.807, 2.05) is 18.4 Å². The van der Waals surface area contributed by atoms with Crippen LogP contribution in [-0.4, -0.2) is 38.4 Å². The number of carboxylic acid groups (broad SMARTS) is 1. The SMILES string of the molecule is CCC(CC(=O)O)Cn1nnnc1-c1sccc1OC. The van der Waals surface area contributed by atoms with Crippen LogP contribution in [0.15, 0.2) is 11.4 Å². The average molecular weight is 296 g/mol. The topological polar surface area (TPSA) is 90.1 Å². The number of aromatic nitrogens is 4. The first-order valence-electron chi connectivity index (χ1n) is 6.25. The second kappa shape index (κ2) is 6.47. The number of hydrogen-bond donors (Lipinski definition) is 1. The van der Waals surface area contributed by atoms with Crippen LogP contribution < -0.4 is 4.74 Å². The summed E-state index contributed by atoms with van der Waals surface area (Å²) in [6, 6.07) is 1.85. The molecule has 0 aliphatic rings. The number of hydrogen-bond acceptors (Lipinski definition) is 6. The first-order chi connectivity index (χ1) is 9.65. The van der Waals surface area contributed by atoms with Crippen molar-refractivity contribution in [3.8, 4) is 16.5 Å². The first kappa shape index (κ1) is 14.4. The molecule has 0 fully saturated rings. The maximum atomic E-state index is 10.8. The van der Waals surface area contributed by atoms with Crippen molar-refractivity contribution in [2.45, 2.75) is 26.3 Å². The molecule has 0 aliphatic heterocycles. The Bertz CT molecular complexity index is 581. The number of ether oxygens (including phenoxy) is 1. The van der Waals surface area contributed by atoms with E-state index < -0.39 is 5.97 Å². The summed E-state index contributed by atoms with van der Waals surface area (Å²) in [6.45, 7) is 2.44. The summed E-state index contributed by atoms with van der Waals surface area (Å²) >= 11 is 1.49. The highest BCUT2D eigenvalue weighted by atomic mass is 32.1. The summed E-state index contributed by atoms with van der Waals surface area (Å²) in [4.78, 5) is 11.7. The van der Waals surface area contributed by atoms with Gasteiger partial charge in [-0.05, 0) is 27.8 Å². The number of carbonyl (C=O) groups is 1. The molecule has 0 aliphatic carbocycles. The van der Waals surface area contributed by atoms with Crippen LogP contribution in [0.1, 0.15) is 19.8 Å². The quantitative estimate of drug-likeness (QED) is 0.839. The Morgan fingerprint density at radius 1 is 1.60 bits per heavy atom. The van der Waals surface area contributed by atoms with E-state index in [1.54, 1.807) is 11.8 Å². The lowest BCUT2D eigenvalue weighted by Crippen LogP contribution is -2.16. The normalized spacial score (nSPS) is 12.3. The highest BCUT2D eigenvalue weighted by Gasteiger charge is 2.19. The van der Waals surface area contributed by atoms with Crippen LogP contribution in [0.3, 0.4) is 0 Å². The molecule has 1 N–H and O–H groups in total. The molecular formula is C12H16N4O3S. The van der Waals surface area contributed by atoms with Gasteiger partial charge in [0.25, 0.3) is 0 Å². The lowest BCUT2D eigenvalue weighted by molar-refractivity contribution is -0.138. The van der Waals surface area contributed by atoms with Crippen LogP contribution in [0, 0.1) is 5.92 Å². The minimum atomic E-state index is -0.805. The smallest absolute Gasteiger partial charge is 0.303 e. The molecule has 8 heteroatoms. The fraction of sp³-hybridized carbons (Fsp3) is 0.500. The summed E-state index contributed by atoms with van der Waals surface area (Å²) in [5.41, 5.74) is 0. The fourth-order valence-electron chi connectivity index (χ4n) is 1.94. The molecule has 0 amide bonds. The largest absolute Gasteiger partial charge is 0.495 e. The molecule has 0 aromatic carbocycles. The number of thiophene rings is 1. The van der Waals surface area contributed by atoms with Gasteiger partial charge in [-0.2, -0.15) is 0 Å². The monoisotopic (exact) mass is 296 g/mol. The summed E-state index contributed by atoms with van der Waals surface area (Å²) in [7, 11) is 1.60. The molecule has 0 radical (unpaired) electrons. The van der Waals surface area contributed by atoms with E-state index in [2.05, 4.69) is 15.5 Å². The number of tetrazole rings is 1. The van der Waals surface area contributed by atoms with Crippen LogP contribution in [0.4, 0.5) is 0 Å². The second-order valence-electron chi connectivity index (χ2n) is 4.37. The van der Waals surface area contributed by atoms with Crippen LogP contribution in [-0.2, 0) is 11.3 Å². The Balaban J connectivity index is 2.22. The van der Waals surface area contributed by atoms with Gasteiger partial charge in [0, 0.05) is 13.0 Å². The van der Waals surface area contributed by atoms with Crippen LogP contribution in [0.2, 0.25) is 0 Å². The third-order valence-corrected chi connectivity index (χ3v) is 3.95. The van der Waals surface area contributed by atoms with Gasteiger partial charge >= 0.3 is 5.97 Å². The molecule has 2 aromatic rings. The molecule has 2 rings (SSSR count). The van der Waals surface area contributed by atoms with Gasteiger partial charge in [0.15, 0.2) is 5.82 Å². The first-order valence-corrected chi connectivity index (χ1v) is 7.13. The Hall–Kier alpha value is -1.96. The van der Waals surface area contributed by atoms with E-state index in [0.717, 1.165) is 17.0 Å². The minimum absolute atomic E-state index is 0.000655. The molecule has 0 saturated heterocycles. The van der Waals surface area contributed by atoms with Gasteiger partial charge < -0.3 is 9.84 Å². The Kier molecular flexibility index (Phi) is 4.67. The predicted molar refractivity (Wildman–Crippen MR) is 73.7 cm³/mol. The van der Waals surface area contributed by atoms with E-state index in [9.17, 15) is 4.79 Å². The van der Waals surface area contributed by atoms with Crippen LogP contribution >= 0.6 is 11.3 Å². The minimum Gasteiger partial charge on any atom is -0.495 e. The number of nitrogens with zero attached hydrogens (tertiary/aromatic N) is 4. The van der Waals surface area contributed by atoms with Crippen molar-refractivity contribution in [3.63, 3.8) is 0 Å². The van der Waals surface area contributed by atoms with Gasteiger partial charge in [0.05, 0.1) is 7.11 Å². The number of aliphatic carboxylic acids is 1. The molecule has 2 heterocycles. The molecule has 0 bridgehead atoms. The zero-order valence-corrected chi connectivity index (χ0v) is 12.1. The standard InChI is InChI=1S/C12H16N4O3S/c1-3-8(6-10(17)18)7-16-12(13-14-15-16)11-9(19-2)4-5-20-11/h4-5,8H,3,6-7H2,1-2H3,(H,17,18). The van der Waals surface area contributed by atoms with Gasteiger partial charge in [0.2, 0.25) is 0 Å². The molecule has 0 spiro atoms. The van der Waals surface area contributed by atoms with Crippen molar-refractivity contribution in [2.75, 3.05) is 7.11 Å². The van der Waals surface area contributed by atoms with Gasteiger partial charge in [-0.25, -0.2) is 4.68 Å². The van der Waals surface area contributed by atoms with Gasteiger partial charge in [-0.1, -0.05) is 13.3 Å². The summed E-state index contributed by atoms with van der Waals surface area (Å²) in [6.07, 6.45) is 0.866. The highest BCUT2D eigenvalue weighted by molar-refractivity contribution is 7.13. The van der Waals surface area contributed by atoms with E-state index >= 15 is 0 Å². The maximum absolute atomic E-state index is 10.8. The number of methoxy groups -OCH3 is 1. The molecule has 1 atom stereocenters. The number of carboxylic acids is 1. The van der Waals surface area contributed by atoms with E-state index in [1.165, 1.54) is 11.3 Å². The highest BCUT2D eigenvalue weighted by Crippen LogP contribution is 2.33. The third kappa shape index (κ3) is 3.13. The molecule has 2 aromatic heterocycles. The van der Waals surface area contributed by atoms with Crippen LogP contribution in [0.5, 0.6) is 5.75 Å². The molecule has 0 saturated carbocycles. The van der Waals surface area contributed by atoms with Crippen molar-refractivity contribution >= 4 is 17.3 Å². The van der Waals surface area contributed by atoms with E-state index in [0.29, 0.717) is 12.4 Å². The Morgan fingerprint density at radius 3 is 3.05 bits per heavy atom. The second-order valence-corrected chi connectivity index (χ2v) is 5.29. The van der Waals surface area contributed by atoms with Gasteiger partial charge in [-0.3, -0.25) is 4.79 Å². The van der Waals surface area contributed by atoms with E-state index in [4.69, 9.17) is 9.84 Å². The summed E-state index contributed by atoms with van der Waals surface area (Å²) < 4.78 is 6.91. The van der Waals surface area contributed by atoms with Crippen LogP contribution in [0.25, 0.3) is 10.7 Å². The Morgan fingerprint density at radius 2 is 2.40 bits per heavy atom. The third-order valence-electron chi connectivity index (χ3n) is 3.06. The van der Waals surface area contributed by atoms with Crippen molar-refractivity contribution in [3.05, 3.63) is 11.4 Å². The molecule has 1 unspecified atom stereocenters. The maximum Gasteiger partial charge on any atom is 0.303 e. The molecular weight excluding hydrogens is 280 g/mol. The lowest BCUT2D eigenvalue weighted by atomic mass is 10.0. The van der Waals surface area contributed by atoms with Crippen molar-refractivity contribution in [1.29, 1.82) is 0 Å². The zero-order valence-electron chi connectivity index (χ0n) is 11.3. The number of rotatable bonds is 7. The van der Waals surface area contributed by atoms with Gasteiger partial charge in [0.1, 0.15) is 10.6 Å². The Labute approximate surface area is 120 Å². The van der Waals surface area contributed by atoms with Gasteiger partial charge in [-0.15, -0.1) is 16.4 Å². The molecule has 20 heavy (non-hydrogen) atoms. The van der Waals surface area contributed by atoms with Crippen molar-refractivity contribution in [1.82, 2.24) is 20.2 Å². The van der Waals surface area contributed by atoms with E-state index in [-0.39, 0.29) is 12.3 Å².